The van der Waals surface area contributed by atoms with Gasteiger partial charge in [-0.15, -0.1) is 0 Å². The van der Waals surface area contributed by atoms with Gasteiger partial charge in [-0.05, 0) is 23.8 Å². The molecule has 0 aliphatic heterocycles. The number of pyridine rings is 1. The second kappa shape index (κ2) is 6.74. The van der Waals surface area contributed by atoms with Crippen molar-refractivity contribution in [1.82, 2.24) is 14.8 Å². The Kier molecular flexibility index (Phi) is 4.24. The number of aromatic carboxylic acids is 1. The van der Waals surface area contributed by atoms with Gasteiger partial charge in [-0.3, -0.25) is 9.78 Å². The first-order valence-corrected chi connectivity index (χ1v) is 8.75. The van der Waals surface area contributed by atoms with Crippen molar-refractivity contribution in [3.05, 3.63) is 102 Å². The number of hydrogen-bond acceptors (Lipinski definition) is 4. The minimum absolute atomic E-state index is 0.149. The van der Waals surface area contributed by atoms with E-state index in [4.69, 9.17) is 0 Å². The predicted octanol–water partition coefficient (Wildman–Crippen LogP) is 3.36. The molecule has 138 valence electrons. The Labute approximate surface area is 161 Å². The van der Waals surface area contributed by atoms with Crippen LogP contribution in [0.2, 0.25) is 0 Å². The number of hydrogen-bond donors (Lipinski definition) is 1. The van der Waals surface area contributed by atoms with Gasteiger partial charge >= 0.3 is 5.97 Å². The maximum atomic E-state index is 12.4. The van der Waals surface area contributed by atoms with Crippen LogP contribution in [0.3, 0.4) is 0 Å². The van der Waals surface area contributed by atoms with E-state index in [-0.39, 0.29) is 5.69 Å². The van der Waals surface area contributed by atoms with Crippen molar-refractivity contribution in [2.75, 3.05) is 0 Å². The van der Waals surface area contributed by atoms with Crippen molar-refractivity contribution in [3.8, 4) is 0 Å². The smallest absolute Gasteiger partial charge is 0.357 e. The maximum absolute atomic E-state index is 12.4. The van der Waals surface area contributed by atoms with Crippen LogP contribution in [0.25, 0.3) is 6.08 Å². The summed E-state index contributed by atoms with van der Waals surface area (Å²) in [6, 6.07) is 15.5. The molecule has 1 atom stereocenters. The van der Waals surface area contributed by atoms with Gasteiger partial charge in [-0.1, -0.05) is 55.1 Å². The number of carbonyl (C=O) groups is 2. The fourth-order valence-electron chi connectivity index (χ4n) is 3.67. The molecule has 0 amide bonds. The van der Waals surface area contributed by atoms with Crippen LogP contribution < -0.4 is 0 Å². The third-order valence-electron chi connectivity index (χ3n) is 5.00. The quantitative estimate of drug-likeness (QED) is 0.711. The van der Waals surface area contributed by atoms with Crippen LogP contribution in [-0.4, -0.2) is 31.7 Å². The molecule has 2 heterocycles. The second-order valence-corrected chi connectivity index (χ2v) is 6.53. The molecule has 0 spiro atoms. The Morgan fingerprint density at radius 1 is 1.14 bits per heavy atom. The van der Waals surface area contributed by atoms with Crippen LogP contribution >= 0.6 is 0 Å². The molecule has 4 rings (SSSR count). The Morgan fingerprint density at radius 2 is 1.89 bits per heavy atom. The third kappa shape index (κ3) is 2.66. The largest absolute Gasteiger partial charge is 0.476 e. The molecular formula is C22H17N3O3. The molecule has 1 aromatic carbocycles. The summed E-state index contributed by atoms with van der Waals surface area (Å²) >= 11 is 0. The number of carboxylic acids is 1. The Bertz CT molecular complexity index is 1060. The fraction of sp³-hybridized carbons (Fsp3) is 0.0909. The first kappa shape index (κ1) is 17.6. The molecule has 0 saturated carbocycles. The highest BCUT2D eigenvalue weighted by Crippen LogP contribution is 2.41. The number of benzene rings is 1. The summed E-state index contributed by atoms with van der Waals surface area (Å²) in [6.45, 7) is 3.50. The van der Waals surface area contributed by atoms with E-state index < -0.39 is 17.3 Å². The van der Waals surface area contributed by atoms with Crippen molar-refractivity contribution in [3.63, 3.8) is 0 Å². The van der Waals surface area contributed by atoms with Gasteiger partial charge in [0, 0.05) is 18.2 Å². The second-order valence-electron chi connectivity index (χ2n) is 6.53. The normalized spacial score (nSPS) is 17.7. The maximum Gasteiger partial charge on any atom is 0.357 e. The highest BCUT2D eigenvalue weighted by Gasteiger charge is 2.40. The molecule has 2 aromatic heterocycles. The summed E-state index contributed by atoms with van der Waals surface area (Å²) in [5.74, 6) is -1.65. The lowest BCUT2D eigenvalue weighted by Crippen LogP contribution is -2.33. The molecule has 1 N–H and O–H groups in total. The first-order valence-electron chi connectivity index (χ1n) is 8.75. The molecule has 6 heteroatoms. The first-order chi connectivity index (χ1) is 13.6. The van der Waals surface area contributed by atoms with Crippen molar-refractivity contribution >= 4 is 18.0 Å². The van der Waals surface area contributed by atoms with Gasteiger partial charge in [0.05, 0.1) is 16.8 Å². The third-order valence-corrected chi connectivity index (χ3v) is 5.00. The fourth-order valence-corrected chi connectivity index (χ4v) is 3.67. The summed E-state index contributed by atoms with van der Waals surface area (Å²) in [7, 11) is 0. The van der Waals surface area contributed by atoms with E-state index in [0.29, 0.717) is 17.7 Å². The van der Waals surface area contributed by atoms with Crippen LogP contribution in [0.4, 0.5) is 0 Å². The SMILES string of the molecule is C=CC(=O)n1nc(C(=O)O)c2c1CC(c1ccccc1)(c1ccccn1)C=C2. The number of fused-ring (bicyclic) bond motifs is 1. The van der Waals surface area contributed by atoms with Gasteiger partial charge < -0.3 is 5.11 Å². The zero-order valence-electron chi connectivity index (χ0n) is 14.9. The topological polar surface area (TPSA) is 85.1 Å². The number of carbonyl (C=O) groups excluding carboxylic acids is 1. The van der Waals surface area contributed by atoms with Gasteiger partial charge in [0.2, 0.25) is 0 Å². The number of carboxylic acid groups (broad SMARTS) is 1. The monoisotopic (exact) mass is 371 g/mol. The molecule has 0 radical (unpaired) electrons. The Morgan fingerprint density at radius 3 is 2.54 bits per heavy atom. The molecule has 6 nitrogen and oxygen atoms in total. The molecule has 0 saturated heterocycles. The minimum atomic E-state index is -1.18. The average molecular weight is 371 g/mol. The summed E-state index contributed by atoms with van der Waals surface area (Å²) < 4.78 is 1.13. The zero-order chi connectivity index (χ0) is 19.7. The van der Waals surface area contributed by atoms with E-state index in [1.165, 1.54) is 0 Å². The summed E-state index contributed by atoms with van der Waals surface area (Å²) in [4.78, 5) is 28.6. The number of aromatic nitrogens is 3. The van der Waals surface area contributed by atoms with Crippen molar-refractivity contribution in [2.45, 2.75) is 11.8 Å². The molecule has 1 unspecified atom stereocenters. The lowest BCUT2D eigenvalue weighted by molar-refractivity contribution is 0.0689. The molecule has 0 bridgehead atoms. The van der Waals surface area contributed by atoms with Crippen LogP contribution in [-0.2, 0) is 11.8 Å². The van der Waals surface area contributed by atoms with Gasteiger partial charge in [-0.2, -0.15) is 9.78 Å². The Balaban J connectivity index is 1.97. The molecular weight excluding hydrogens is 354 g/mol. The minimum Gasteiger partial charge on any atom is -0.476 e. The van der Waals surface area contributed by atoms with E-state index in [9.17, 15) is 14.7 Å². The van der Waals surface area contributed by atoms with Crippen molar-refractivity contribution in [2.24, 2.45) is 0 Å². The lowest BCUT2D eigenvalue weighted by Gasteiger charge is -2.33. The number of nitrogens with zero attached hydrogens (tertiary/aromatic N) is 3. The standard InChI is InChI=1S/C22H17N3O3/c1-2-19(26)25-17-14-22(15-8-4-3-5-9-15,18-10-6-7-13-23-18)12-11-16(17)20(24-25)21(27)28/h2-13H,1,14H2,(H,27,28). The lowest BCUT2D eigenvalue weighted by atomic mass is 9.70. The van der Waals surface area contributed by atoms with Crippen LogP contribution in [0.5, 0.6) is 0 Å². The zero-order valence-corrected chi connectivity index (χ0v) is 14.9. The summed E-state index contributed by atoms with van der Waals surface area (Å²) in [5, 5.41) is 13.6. The van der Waals surface area contributed by atoms with Crippen LogP contribution in [0, 0.1) is 0 Å². The Hall–Kier alpha value is -3.80. The predicted molar refractivity (Wildman–Crippen MR) is 104 cm³/mol. The molecule has 1 aliphatic carbocycles. The average Bonchev–Trinajstić information content (AvgIpc) is 3.13. The summed E-state index contributed by atoms with van der Waals surface area (Å²) in [5.41, 5.74) is 1.96. The molecule has 28 heavy (non-hydrogen) atoms. The van der Waals surface area contributed by atoms with E-state index in [0.717, 1.165) is 22.0 Å². The van der Waals surface area contributed by atoms with Gasteiger partial charge in [0.15, 0.2) is 5.69 Å². The van der Waals surface area contributed by atoms with Crippen molar-refractivity contribution in [1.29, 1.82) is 0 Å². The molecule has 1 aliphatic rings. The van der Waals surface area contributed by atoms with E-state index in [1.807, 2.05) is 54.6 Å². The van der Waals surface area contributed by atoms with Gasteiger partial charge in [0.25, 0.3) is 5.91 Å². The van der Waals surface area contributed by atoms with E-state index in [1.54, 1.807) is 12.3 Å². The summed E-state index contributed by atoms with van der Waals surface area (Å²) in [6.07, 6.45) is 6.87. The van der Waals surface area contributed by atoms with Gasteiger partial charge in [-0.25, -0.2) is 4.79 Å². The molecule has 0 fully saturated rings. The number of rotatable bonds is 4. The highest BCUT2D eigenvalue weighted by molar-refractivity contribution is 5.95. The molecule has 3 aromatic rings. The van der Waals surface area contributed by atoms with Crippen LogP contribution in [0.1, 0.15) is 37.8 Å². The number of allylic oxidation sites excluding steroid dienone is 2. The van der Waals surface area contributed by atoms with Crippen molar-refractivity contribution < 1.29 is 14.7 Å². The van der Waals surface area contributed by atoms with E-state index >= 15 is 0 Å². The highest BCUT2D eigenvalue weighted by atomic mass is 16.4. The van der Waals surface area contributed by atoms with E-state index in [2.05, 4.69) is 16.7 Å². The van der Waals surface area contributed by atoms with Crippen LogP contribution in [0.15, 0.2) is 73.5 Å². The van der Waals surface area contributed by atoms with Gasteiger partial charge in [0.1, 0.15) is 0 Å².